The number of nitrogens with zero attached hydrogens (tertiary/aromatic N) is 1. The zero-order valence-corrected chi connectivity index (χ0v) is 8.25. The Bertz CT molecular complexity index is 560. The van der Waals surface area contributed by atoms with Gasteiger partial charge in [0.05, 0.1) is 10.5 Å². The maximum absolute atomic E-state index is 11.4. The molecule has 0 spiro atoms. The Labute approximate surface area is 85.2 Å². The number of halogens is 1. The molecular formula is C10H8ClNO2. The first-order chi connectivity index (χ1) is 6.61. The molecule has 1 aromatic carbocycles. The van der Waals surface area contributed by atoms with Crippen LogP contribution in [0.15, 0.2) is 29.1 Å². The quantitative estimate of drug-likeness (QED) is 0.720. The van der Waals surface area contributed by atoms with Crippen molar-refractivity contribution in [2.24, 2.45) is 7.05 Å². The SMILES string of the molecule is Cn1c(=O)c(O)cc2c(Cl)cccc21. The Hall–Kier alpha value is -1.48. The van der Waals surface area contributed by atoms with Crippen molar-refractivity contribution in [3.05, 3.63) is 39.6 Å². The molecule has 1 heterocycles. The lowest BCUT2D eigenvalue weighted by molar-refractivity contribution is 0.463. The first-order valence-corrected chi connectivity index (χ1v) is 4.46. The fourth-order valence-electron chi connectivity index (χ4n) is 1.44. The van der Waals surface area contributed by atoms with Gasteiger partial charge in [-0.1, -0.05) is 17.7 Å². The van der Waals surface area contributed by atoms with E-state index in [2.05, 4.69) is 0 Å². The van der Waals surface area contributed by atoms with Gasteiger partial charge < -0.3 is 9.67 Å². The van der Waals surface area contributed by atoms with E-state index in [1.54, 1.807) is 25.2 Å². The van der Waals surface area contributed by atoms with Crippen molar-refractivity contribution in [3.8, 4) is 5.75 Å². The minimum Gasteiger partial charge on any atom is -0.503 e. The number of fused-ring (bicyclic) bond motifs is 1. The van der Waals surface area contributed by atoms with Gasteiger partial charge in [0.2, 0.25) is 0 Å². The molecule has 0 radical (unpaired) electrons. The van der Waals surface area contributed by atoms with Gasteiger partial charge in [-0.2, -0.15) is 0 Å². The number of aromatic hydroxyl groups is 1. The zero-order valence-electron chi connectivity index (χ0n) is 7.49. The molecule has 0 amide bonds. The van der Waals surface area contributed by atoms with Gasteiger partial charge in [-0.25, -0.2) is 0 Å². The summed E-state index contributed by atoms with van der Waals surface area (Å²) in [6.07, 6.45) is 0. The summed E-state index contributed by atoms with van der Waals surface area (Å²) in [7, 11) is 1.60. The smallest absolute Gasteiger partial charge is 0.292 e. The van der Waals surface area contributed by atoms with Gasteiger partial charge in [0.1, 0.15) is 0 Å². The van der Waals surface area contributed by atoms with Crippen molar-refractivity contribution in [3.63, 3.8) is 0 Å². The third-order valence-corrected chi connectivity index (χ3v) is 2.53. The third kappa shape index (κ3) is 1.17. The second-order valence-corrected chi connectivity index (χ2v) is 3.47. The molecule has 0 bridgehead atoms. The van der Waals surface area contributed by atoms with Crippen LogP contribution in [0.1, 0.15) is 0 Å². The summed E-state index contributed by atoms with van der Waals surface area (Å²) in [5.74, 6) is -0.284. The van der Waals surface area contributed by atoms with Crippen LogP contribution in [-0.4, -0.2) is 9.67 Å². The maximum Gasteiger partial charge on any atom is 0.292 e. The number of aromatic nitrogens is 1. The molecule has 14 heavy (non-hydrogen) atoms. The molecule has 0 saturated heterocycles. The van der Waals surface area contributed by atoms with Crippen LogP contribution in [0.2, 0.25) is 5.02 Å². The molecule has 0 atom stereocenters. The van der Waals surface area contributed by atoms with Crippen LogP contribution in [0.5, 0.6) is 5.75 Å². The third-order valence-electron chi connectivity index (χ3n) is 2.20. The van der Waals surface area contributed by atoms with Gasteiger partial charge in [-0.3, -0.25) is 4.79 Å². The van der Waals surface area contributed by atoms with E-state index < -0.39 is 5.56 Å². The minimum absolute atomic E-state index is 0.284. The highest BCUT2D eigenvalue weighted by Crippen LogP contribution is 2.23. The summed E-state index contributed by atoms with van der Waals surface area (Å²) >= 11 is 5.93. The first-order valence-electron chi connectivity index (χ1n) is 4.08. The molecule has 2 aromatic rings. The highest BCUT2D eigenvalue weighted by atomic mass is 35.5. The van der Waals surface area contributed by atoms with Crippen molar-refractivity contribution >= 4 is 22.5 Å². The van der Waals surface area contributed by atoms with Crippen molar-refractivity contribution in [2.45, 2.75) is 0 Å². The Kier molecular flexibility index (Phi) is 1.97. The average Bonchev–Trinajstić information content (AvgIpc) is 2.17. The Morgan fingerprint density at radius 2 is 2.14 bits per heavy atom. The lowest BCUT2D eigenvalue weighted by Gasteiger charge is -2.06. The van der Waals surface area contributed by atoms with Crippen molar-refractivity contribution < 1.29 is 5.11 Å². The summed E-state index contributed by atoms with van der Waals surface area (Å²) in [6, 6.07) is 6.65. The van der Waals surface area contributed by atoms with Crippen molar-refractivity contribution in [1.29, 1.82) is 0 Å². The lowest BCUT2D eigenvalue weighted by Crippen LogP contribution is -2.15. The van der Waals surface area contributed by atoms with Gasteiger partial charge in [0.15, 0.2) is 5.75 Å². The van der Waals surface area contributed by atoms with E-state index in [9.17, 15) is 9.90 Å². The van der Waals surface area contributed by atoms with E-state index in [1.165, 1.54) is 10.6 Å². The van der Waals surface area contributed by atoms with Crippen LogP contribution in [0.4, 0.5) is 0 Å². The molecule has 4 heteroatoms. The monoisotopic (exact) mass is 209 g/mol. The summed E-state index contributed by atoms with van der Waals surface area (Å²) < 4.78 is 1.37. The molecular weight excluding hydrogens is 202 g/mol. The van der Waals surface area contributed by atoms with Crippen LogP contribution in [0.25, 0.3) is 10.9 Å². The van der Waals surface area contributed by atoms with Gasteiger partial charge in [0.25, 0.3) is 5.56 Å². The number of pyridine rings is 1. The van der Waals surface area contributed by atoms with Crippen LogP contribution in [-0.2, 0) is 7.05 Å². The molecule has 0 fully saturated rings. The largest absolute Gasteiger partial charge is 0.503 e. The summed E-state index contributed by atoms with van der Waals surface area (Å²) in [4.78, 5) is 11.4. The topological polar surface area (TPSA) is 42.2 Å². The van der Waals surface area contributed by atoms with Crippen LogP contribution in [0.3, 0.4) is 0 Å². The second kappa shape index (κ2) is 3.03. The normalized spacial score (nSPS) is 10.7. The van der Waals surface area contributed by atoms with E-state index in [0.717, 1.165) is 0 Å². The first kappa shape index (κ1) is 9.09. The van der Waals surface area contributed by atoms with Crippen LogP contribution < -0.4 is 5.56 Å². The summed E-state index contributed by atoms with van der Waals surface area (Å²) in [6.45, 7) is 0. The Morgan fingerprint density at radius 3 is 2.86 bits per heavy atom. The van der Waals surface area contributed by atoms with Crippen molar-refractivity contribution in [1.82, 2.24) is 4.57 Å². The van der Waals surface area contributed by atoms with E-state index in [4.69, 9.17) is 11.6 Å². The second-order valence-electron chi connectivity index (χ2n) is 3.07. The van der Waals surface area contributed by atoms with Gasteiger partial charge in [0, 0.05) is 12.4 Å². The number of hydrogen-bond acceptors (Lipinski definition) is 2. The molecule has 72 valence electrons. The highest BCUT2D eigenvalue weighted by molar-refractivity contribution is 6.35. The maximum atomic E-state index is 11.4. The van der Waals surface area contributed by atoms with E-state index in [0.29, 0.717) is 15.9 Å². The molecule has 0 unspecified atom stereocenters. The Balaban J connectivity index is 3.06. The molecule has 3 nitrogen and oxygen atoms in total. The standard InChI is InChI=1S/C10H8ClNO2/c1-12-8-4-2-3-7(11)6(8)5-9(13)10(12)14/h2-5,13H,1H3. The van der Waals surface area contributed by atoms with Gasteiger partial charge >= 0.3 is 0 Å². The minimum atomic E-state index is -0.417. The van der Waals surface area contributed by atoms with E-state index >= 15 is 0 Å². The molecule has 1 N–H and O–H groups in total. The lowest BCUT2D eigenvalue weighted by atomic mass is 10.2. The van der Waals surface area contributed by atoms with Gasteiger partial charge in [-0.05, 0) is 18.2 Å². The predicted molar refractivity (Wildman–Crippen MR) is 55.9 cm³/mol. The molecule has 0 aliphatic heterocycles. The van der Waals surface area contributed by atoms with Gasteiger partial charge in [-0.15, -0.1) is 0 Å². The number of aryl methyl sites for hydroxylation is 1. The molecule has 0 aliphatic carbocycles. The van der Waals surface area contributed by atoms with E-state index in [-0.39, 0.29) is 5.75 Å². The fourth-order valence-corrected chi connectivity index (χ4v) is 1.66. The molecule has 1 aromatic heterocycles. The molecule has 0 saturated carbocycles. The number of benzene rings is 1. The van der Waals surface area contributed by atoms with Crippen LogP contribution in [0, 0.1) is 0 Å². The fraction of sp³-hybridized carbons (Fsp3) is 0.100. The van der Waals surface area contributed by atoms with Crippen molar-refractivity contribution in [2.75, 3.05) is 0 Å². The summed E-state index contributed by atoms with van der Waals surface area (Å²) in [5.41, 5.74) is 0.292. The van der Waals surface area contributed by atoms with Crippen LogP contribution >= 0.6 is 11.6 Å². The summed E-state index contributed by atoms with van der Waals surface area (Å²) in [5, 5.41) is 10.5. The molecule has 2 rings (SSSR count). The highest BCUT2D eigenvalue weighted by Gasteiger charge is 2.06. The Morgan fingerprint density at radius 1 is 1.43 bits per heavy atom. The zero-order chi connectivity index (χ0) is 10.3. The number of hydrogen-bond donors (Lipinski definition) is 1. The average molecular weight is 210 g/mol. The molecule has 0 aliphatic rings. The van der Waals surface area contributed by atoms with E-state index in [1.807, 2.05) is 0 Å². The number of rotatable bonds is 0. The predicted octanol–water partition coefficient (Wildman–Crippen LogP) is 1.90.